The lowest BCUT2D eigenvalue weighted by atomic mass is 10.1. The van der Waals surface area contributed by atoms with Crippen LogP contribution in [-0.2, 0) is 16.1 Å². The van der Waals surface area contributed by atoms with Crippen LogP contribution in [0.3, 0.4) is 0 Å². The van der Waals surface area contributed by atoms with Gasteiger partial charge >= 0.3 is 0 Å². The Morgan fingerprint density at radius 3 is 2.47 bits per heavy atom. The summed E-state index contributed by atoms with van der Waals surface area (Å²) in [6.07, 6.45) is 4.29. The van der Waals surface area contributed by atoms with Gasteiger partial charge in [-0.25, -0.2) is 0 Å². The molecular formula is C23H26Br2N2O3. The molecule has 0 spiro atoms. The molecule has 1 fully saturated rings. The Labute approximate surface area is 194 Å². The van der Waals surface area contributed by atoms with Gasteiger partial charge < -0.3 is 15.0 Å². The van der Waals surface area contributed by atoms with Crippen molar-refractivity contribution in [3.8, 4) is 5.75 Å². The van der Waals surface area contributed by atoms with Crippen molar-refractivity contribution in [1.82, 2.24) is 10.2 Å². The Morgan fingerprint density at radius 1 is 1.10 bits per heavy atom. The van der Waals surface area contributed by atoms with Crippen LogP contribution < -0.4 is 10.1 Å². The first-order valence-electron chi connectivity index (χ1n) is 10.1. The van der Waals surface area contributed by atoms with Gasteiger partial charge in [0.25, 0.3) is 5.91 Å². The highest BCUT2D eigenvalue weighted by molar-refractivity contribution is 9.10. The molecule has 1 aliphatic rings. The Bertz CT molecular complexity index is 867. The van der Waals surface area contributed by atoms with Crippen LogP contribution in [0.4, 0.5) is 0 Å². The van der Waals surface area contributed by atoms with E-state index in [1.807, 2.05) is 36.4 Å². The number of nitrogens with one attached hydrogen (secondary N) is 1. The summed E-state index contributed by atoms with van der Waals surface area (Å²) in [6, 6.07) is 14.7. The van der Waals surface area contributed by atoms with Gasteiger partial charge in [-0.3, -0.25) is 9.59 Å². The number of carbonyl (C=O) groups is 2. The zero-order valence-electron chi connectivity index (χ0n) is 16.9. The molecule has 1 N–H and O–H groups in total. The fraction of sp³-hybridized carbons (Fsp3) is 0.391. The van der Waals surface area contributed by atoms with Crippen molar-refractivity contribution in [3.63, 3.8) is 0 Å². The summed E-state index contributed by atoms with van der Waals surface area (Å²) in [4.78, 5) is 27.5. The highest BCUT2D eigenvalue weighted by atomic mass is 79.9. The number of nitrogens with zero attached hydrogens (tertiary/aromatic N) is 1. The summed E-state index contributed by atoms with van der Waals surface area (Å²) < 4.78 is 7.55. The quantitative estimate of drug-likeness (QED) is 0.511. The Hall–Kier alpha value is -1.86. The molecule has 0 saturated heterocycles. The van der Waals surface area contributed by atoms with Gasteiger partial charge in [0.15, 0.2) is 6.61 Å². The average molecular weight is 538 g/mol. The molecule has 30 heavy (non-hydrogen) atoms. The first-order valence-corrected chi connectivity index (χ1v) is 11.7. The molecule has 2 aromatic rings. The maximum Gasteiger partial charge on any atom is 0.261 e. The highest BCUT2D eigenvalue weighted by Gasteiger charge is 2.28. The molecule has 0 aromatic heterocycles. The van der Waals surface area contributed by atoms with Crippen molar-refractivity contribution in [3.05, 3.63) is 63.0 Å². The van der Waals surface area contributed by atoms with E-state index in [0.29, 0.717) is 12.3 Å². The predicted octanol–water partition coefficient (Wildman–Crippen LogP) is 5.07. The number of hydrogen-bond donors (Lipinski definition) is 1. The number of carbonyl (C=O) groups excluding carboxylic acids is 2. The van der Waals surface area contributed by atoms with Crippen molar-refractivity contribution in [2.45, 2.75) is 51.2 Å². The van der Waals surface area contributed by atoms with Gasteiger partial charge in [-0.05, 0) is 61.7 Å². The van der Waals surface area contributed by atoms with Gasteiger partial charge in [-0.15, -0.1) is 0 Å². The summed E-state index contributed by atoms with van der Waals surface area (Å²) in [7, 11) is 0. The second-order valence-corrected chi connectivity index (χ2v) is 9.39. The summed E-state index contributed by atoms with van der Waals surface area (Å²) in [5.41, 5.74) is 0.946. The third-order valence-corrected chi connectivity index (χ3v) is 6.31. The van der Waals surface area contributed by atoms with Gasteiger partial charge in [0.05, 0.1) is 0 Å². The topological polar surface area (TPSA) is 58.6 Å². The lowest BCUT2D eigenvalue weighted by Gasteiger charge is -2.29. The molecule has 0 heterocycles. The molecule has 1 atom stereocenters. The predicted molar refractivity (Wildman–Crippen MR) is 124 cm³/mol. The van der Waals surface area contributed by atoms with Crippen LogP contribution in [0.15, 0.2) is 57.5 Å². The molecule has 2 aromatic carbocycles. The third kappa shape index (κ3) is 6.57. The molecule has 3 rings (SSSR count). The van der Waals surface area contributed by atoms with Crippen LogP contribution in [0, 0.1) is 0 Å². The standard InChI is InChI=1S/C23H26Br2N2O3/c1-16(23(29)26-20-7-2-3-8-20)27(14-17-5-4-6-19(25)13-17)22(28)15-30-21-11-9-18(24)10-12-21/h4-6,9-13,16,20H,2-3,7-8,14-15H2,1H3,(H,26,29)/t16-/m1/s1. The lowest BCUT2D eigenvalue weighted by molar-refractivity contribution is -0.142. The van der Waals surface area contributed by atoms with Gasteiger partial charge in [0.2, 0.25) is 5.91 Å². The van der Waals surface area contributed by atoms with Crippen molar-refractivity contribution in [1.29, 1.82) is 0 Å². The lowest BCUT2D eigenvalue weighted by Crippen LogP contribution is -2.50. The molecule has 2 amide bonds. The smallest absolute Gasteiger partial charge is 0.261 e. The van der Waals surface area contributed by atoms with Gasteiger partial charge in [0, 0.05) is 21.5 Å². The van der Waals surface area contributed by atoms with Crippen molar-refractivity contribution < 1.29 is 14.3 Å². The summed E-state index contributed by atoms with van der Waals surface area (Å²) in [6.45, 7) is 1.98. The summed E-state index contributed by atoms with van der Waals surface area (Å²) in [5.74, 6) is 0.262. The van der Waals surface area contributed by atoms with E-state index in [0.717, 1.165) is 40.2 Å². The van der Waals surface area contributed by atoms with E-state index in [2.05, 4.69) is 37.2 Å². The zero-order valence-corrected chi connectivity index (χ0v) is 20.1. The molecule has 1 saturated carbocycles. The van der Waals surface area contributed by atoms with E-state index in [4.69, 9.17) is 4.74 Å². The molecule has 7 heteroatoms. The normalized spacial score (nSPS) is 14.9. The molecule has 1 aliphatic carbocycles. The van der Waals surface area contributed by atoms with E-state index in [-0.39, 0.29) is 24.5 Å². The second kappa shape index (κ2) is 11.0. The zero-order chi connectivity index (χ0) is 21.5. The van der Waals surface area contributed by atoms with E-state index in [1.165, 1.54) is 0 Å². The van der Waals surface area contributed by atoms with Crippen LogP contribution in [0.1, 0.15) is 38.2 Å². The number of hydrogen-bond acceptors (Lipinski definition) is 3. The maximum atomic E-state index is 13.1. The second-order valence-electron chi connectivity index (χ2n) is 7.56. The molecule has 160 valence electrons. The maximum absolute atomic E-state index is 13.1. The molecule has 0 radical (unpaired) electrons. The number of benzene rings is 2. The molecule has 5 nitrogen and oxygen atoms in total. The molecule has 0 bridgehead atoms. The number of amides is 2. The first kappa shape index (κ1) is 22.8. The van der Waals surface area contributed by atoms with E-state index in [9.17, 15) is 9.59 Å². The monoisotopic (exact) mass is 536 g/mol. The molecular weight excluding hydrogens is 512 g/mol. The van der Waals surface area contributed by atoms with E-state index in [1.54, 1.807) is 24.0 Å². The minimum absolute atomic E-state index is 0.117. The Kier molecular flexibility index (Phi) is 8.33. The fourth-order valence-corrected chi connectivity index (χ4v) is 4.28. The van der Waals surface area contributed by atoms with Crippen LogP contribution in [0.5, 0.6) is 5.75 Å². The minimum atomic E-state index is -0.592. The first-order chi connectivity index (χ1) is 14.4. The third-order valence-electron chi connectivity index (χ3n) is 5.29. The SMILES string of the molecule is C[C@H](C(=O)NC1CCCC1)N(Cc1cccc(Br)c1)C(=O)COc1ccc(Br)cc1. The number of ether oxygens (including phenoxy) is 1. The minimum Gasteiger partial charge on any atom is -0.484 e. The van der Waals surface area contributed by atoms with Crippen LogP contribution in [0.2, 0.25) is 0 Å². The molecule has 0 unspecified atom stereocenters. The van der Waals surface area contributed by atoms with Gasteiger partial charge in [-0.1, -0.05) is 56.8 Å². The number of rotatable bonds is 8. The van der Waals surface area contributed by atoms with Gasteiger partial charge in [0.1, 0.15) is 11.8 Å². The number of halogens is 2. The average Bonchev–Trinajstić information content (AvgIpc) is 3.24. The summed E-state index contributed by atoms with van der Waals surface area (Å²) in [5, 5.41) is 3.10. The van der Waals surface area contributed by atoms with Crippen LogP contribution in [0.25, 0.3) is 0 Å². The van der Waals surface area contributed by atoms with Crippen LogP contribution in [-0.4, -0.2) is 35.4 Å². The summed E-state index contributed by atoms with van der Waals surface area (Å²) >= 11 is 6.85. The Balaban J connectivity index is 1.70. The van der Waals surface area contributed by atoms with Crippen molar-refractivity contribution in [2.24, 2.45) is 0 Å². The molecule has 0 aliphatic heterocycles. The van der Waals surface area contributed by atoms with Gasteiger partial charge in [-0.2, -0.15) is 0 Å². The fourth-order valence-electron chi connectivity index (χ4n) is 3.57. The largest absolute Gasteiger partial charge is 0.484 e. The Morgan fingerprint density at radius 2 is 1.80 bits per heavy atom. The highest BCUT2D eigenvalue weighted by Crippen LogP contribution is 2.20. The van der Waals surface area contributed by atoms with Crippen LogP contribution >= 0.6 is 31.9 Å². The van der Waals surface area contributed by atoms with Crippen molar-refractivity contribution in [2.75, 3.05) is 6.61 Å². The van der Waals surface area contributed by atoms with Crippen molar-refractivity contribution >= 4 is 43.7 Å². The van der Waals surface area contributed by atoms with E-state index >= 15 is 0 Å². The van der Waals surface area contributed by atoms with E-state index < -0.39 is 6.04 Å².